The number of aryl methyl sites for hydroxylation is 1. The van der Waals surface area contributed by atoms with Crippen molar-refractivity contribution in [3.05, 3.63) is 40.7 Å². The summed E-state index contributed by atoms with van der Waals surface area (Å²) in [5, 5.41) is 2.96. The van der Waals surface area contributed by atoms with Crippen LogP contribution in [0.1, 0.15) is 46.0 Å². The van der Waals surface area contributed by atoms with E-state index in [1.165, 1.54) is 26.2 Å². The molecule has 0 fully saturated rings. The van der Waals surface area contributed by atoms with E-state index in [2.05, 4.69) is 15.0 Å². The Kier molecular flexibility index (Phi) is 6.20. The first-order chi connectivity index (χ1) is 12.6. The number of Topliss-reactive ketones (excluding diaryl/α,β-unsaturated/α-hetero) is 2. The van der Waals surface area contributed by atoms with Crippen LogP contribution in [-0.2, 0) is 0 Å². The van der Waals surface area contributed by atoms with Gasteiger partial charge in [0, 0.05) is 23.0 Å². The number of H-pyrrole nitrogens is 1. The molecule has 0 unspecified atom stereocenters. The van der Waals surface area contributed by atoms with Gasteiger partial charge in [0.1, 0.15) is 0 Å². The van der Waals surface area contributed by atoms with Gasteiger partial charge < -0.3 is 19.8 Å². The van der Waals surface area contributed by atoms with Crippen molar-refractivity contribution in [3.63, 3.8) is 0 Å². The van der Waals surface area contributed by atoms with E-state index in [1.54, 1.807) is 26.8 Å². The van der Waals surface area contributed by atoms with Crippen LogP contribution in [0.25, 0.3) is 0 Å². The summed E-state index contributed by atoms with van der Waals surface area (Å²) in [5.41, 5.74) is 2.49. The lowest BCUT2D eigenvalue weighted by Gasteiger charge is -2.16. The van der Waals surface area contributed by atoms with Crippen LogP contribution in [0.4, 0.5) is 14.5 Å². The number of alkyl halides is 2. The fourth-order valence-electron chi connectivity index (χ4n) is 3.01. The Hall–Kier alpha value is -2.90. The number of methoxy groups -OCH3 is 1. The van der Waals surface area contributed by atoms with Crippen LogP contribution >= 0.6 is 0 Å². The molecule has 0 spiro atoms. The fraction of sp³-hybridized carbons (Fsp3) is 0.368. The zero-order valence-corrected chi connectivity index (χ0v) is 15.8. The number of ketones is 2. The summed E-state index contributed by atoms with van der Waals surface area (Å²) < 4.78 is 34.5. The van der Waals surface area contributed by atoms with Gasteiger partial charge in [-0.1, -0.05) is 0 Å². The highest BCUT2D eigenvalue weighted by Gasteiger charge is 2.24. The van der Waals surface area contributed by atoms with Gasteiger partial charge in [0.15, 0.2) is 17.3 Å². The average molecular weight is 380 g/mol. The Labute approximate surface area is 155 Å². The SMILES string of the molecule is COc1ccc(N[C@@H](C)C(=O)c2[nH]c(C)c(C(C)=O)c2C)cc1OC(F)F. The maximum atomic E-state index is 12.8. The summed E-state index contributed by atoms with van der Waals surface area (Å²) >= 11 is 0. The molecule has 1 aromatic carbocycles. The molecule has 0 aliphatic carbocycles. The van der Waals surface area contributed by atoms with Crippen LogP contribution in [-0.4, -0.2) is 36.3 Å². The van der Waals surface area contributed by atoms with Crippen LogP contribution in [0, 0.1) is 13.8 Å². The second-order valence-electron chi connectivity index (χ2n) is 6.16. The van der Waals surface area contributed by atoms with Gasteiger partial charge in [-0.3, -0.25) is 9.59 Å². The van der Waals surface area contributed by atoms with E-state index in [-0.39, 0.29) is 23.1 Å². The molecule has 1 heterocycles. The first-order valence-electron chi connectivity index (χ1n) is 8.29. The van der Waals surface area contributed by atoms with Crippen molar-refractivity contribution in [3.8, 4) is 11.5 Å². The Bertz CT molecular complexity index is 862. The molecule has 0 saturated heterocycles. The van der Waals surface area contributed by atoms with E-state index in [4.69, 9.17) is 4.74 Å². The molecule has 2 N–H and O–H groups in total. The number of carbonyl (C=O) groups is 2. The van der Waals surface area contributed by atoms with Gasteiger partial charge >= 0.3 is 6.61 Å². The Morgan fingerprint density at radius 1 is 1.19 bits per heavy atom. The third-order valence-electron chi connectivity index (χ3n) is 4.19. The molecule has 0 aliphatic heterocycles. The number of halogens is 2. The number of nitrogens with one attached hydrogen (secondary N) is 2. The number of carbonyl (C=O) groups excluding carboxylic acids is 2. The lowest BCUT2D eigenvalue weighted by Crippen LogP contribution is -2.27. The monoisotopic (exact) mass is 380 g/mol. The molecule has 2 aromatic rings. The van der Waals surface area contributed by atoms with E-state index < -0.39 is 12.7 Å². The summed E-state index contributed by atoms with van der Waals surface area (Å²) in [5.74, 6) is -0.357. The number of hydrogen-bond donors (Lipinski definition) is 2. The second kappa shape index (κ2) is 8.20. The third kappa shape index (κ3) is 4.45. The highest BCUT2D eigenvalue weighted by atomic mass is 19.3. The number of aromatic nitrogens is 1. The molecular formula is C19H22F2N2O4. The largest absolute Gasteiger partial charge is 0.493 e. The molecular weight excluding hydrogens is 358 g/mol. The van der Waals surface area contributed by atoms with Crippen LogP contribution in [0.5, 0.6) is 11.5 Å². The molecule has 1 atom stereocenters. The van der Waals surface area contributed by atoms with Crippen LogP contribution in [0.3, 0.4) is 0 Å². The summed E-state index contributed by atoms with van der Waals surface area (Å²) in [6, 6.07) is 3.72. The van der Waals surface area contributed by atoms with Gasteiger partial charge in [0.2, 0.25) is 5.78 Å². The van der Waals surface area contributed by atoms with Gasteiger partial charge in [-0.25, -0.2) is 0 Å². The van der Waals surface area contributed by atoms with E-state index in [9.17, 15) is 18.4 Å². The molecule has 0 amide bonds. The molecule has 146 valence electrons. The maximum absolute atomic E-state index is 12.8. The number of rotatable bonds is 8. The highest BCUT2D eigenvalue weighted by Crippen LogP contribution is 2.32. The first kappa shape index (κ1) is 20.4. The lowest BCUT2D eigenvalue weighted by molar-refractivity contribution is -0.0511. The van der Waals surface area contributed by atoms with Gasteiger partial charge in [0.05, 0.1) is 18.8 Å². The standard InChI is InChI=1S/C19H22F2N2O4/c1-9-16(12(4)24)10(2)23-17(9)18(25)11(3)22-13-6-7-14(26-5)15(8-13)27-19(20)21/h6-8,11,19,22-23H,1-5H3/t11-/m0/s1. The molecule has 27 heavy (non-hydrogen) atoms. The number of hydrogen-bond acceptors (Lipinski definition) is 5. The van der Waals surface area contributed by atoms with Gasteiger partial charge in [-0.05, 0) is 45.4 Å². The van der Waals surface area contributed by atoms with E-state index in [1.807, 2.05) is 0 Å². The zero-order valence-electron chi connectivity index (χ0n) is 15.8. The van der Waals surface area contributed by atoms with Gasteiger partial charge in [-0.2, -0.15) is 8.78 Å². The molecule has 0 saturated carbocycles. The number of ether oxygens (including phenoxy) is 2. The molecule has 6 nitrogen and oxygen atoms in total. The molecule has 0 radical (unpaired) electrons. The average Bonchev–Trinajstić information content (AvgIpc) is 2.88. The van der Waals surface area contributed by atoms with Crippen LogP contribution in [0.15, 0.2) is 18.2 Å². The van der Waals surface area contributed by atoms with Crippen molar-refractivity contribution in [1.29, 1.82) is 0 Å². The van der Waals surface area contributed by atoms with Crippen LogP contribution in [0.2, 0.25) is 0 Å². The van der Waals surface area contributed by atoms with Crippen molar-refractivity contribution >= 4 is 17.3 Å². The lowest BCUT2D eigenvalue weighted by atomic mass is 10.0. The van der Waals surface area contributed by atoms with Gasteiger partial charge in [-0.15, -0.1) is 0 Å². The molecule has 0 aliphatic rings. The van der Waals surface area contributed by atoms with Crippen molar-refractivity contribution in [2.75, 3.05) is 12.4 Å². The van der Waals surface area contributed by atoms with Crippen molar-refractivity contribution in [1.82, 2.24) is 4.98 Å². The van der Waals surface area contributed by atoms with Gasteiger partial charge in [0.25, 0.3) is 0 Å². The molecule has 8 heteroatoms. The normalized spacial score (nSPS) is 12.0. The smallest absolute Gasteiger partial charge is 0.387 e. The maximum Gasteiger partial charge on any atom is 0.387 e. The minimum atomic E-state index is -3.00. The Morgan fingerprint density at radius 2 is 1.85 bits per heavy atom. The Balaban J connectivity index is 2.24. The molecule has 1 aromatic heterocycles. The quantitative estimate of drug-likeness (QED) is 0.673. The topological polar surface area (TPSA) is 80.4 Å². The molecule has 0 bridgehead atoms. The minimum absolute atomic E-state index is 0.121. The molecule has 2 rings (SSSR count). The van der Waals surface area contributed by atoms with Crippen molar-refractivity contribution < 1.29 is 27.8 Å². The third-order valence-corrected chi connectivity index (χ3v) is 4.19. The summed E-state index contributed by atoms with van der Waals surface area (Å²) in [7, 11) is 1.34. The summed E-state index contributed by atoms with van der Waals surface area (Å²) in [4.78, 5) is 27.5. The predicted molar refractivity (Wildman–Crippen MR) is 97.3 cm³/mol. The summed E-state index contributed by atoms with van der Waals surface area (Å²) in [6.07, 6.45) is 0. The predicted octanol–water partition coefficient (Wildman–Crippen LogP) is 4.13. The van der Waals surface area contributed by atoms with E-state index in [0.29, 0.717) is 28.2 Å². The van der Waals surface area contributed by atoms with Crippen molar-refractivity contribution in [2.24, 2.45) is 0 Å². The van der Waals surface area contributed by atoms with Crippen LogP contribution < -0.4 is 14.8 Å². The zero-order chi connectivity index (χ0) is 20.3. The summed E-state index contributed by atoms with van der Waals surface area (Å²) in [6.45, 7) is 3.53. The fourth-order valence-corrected chi connectivity index (χ4v) is 3.01. The minimum Gasteiger partial charge on any atom is -0.493 e. The first-order valence-corrected chi connectivity index (χ1v) is 8.29. The number of benzene rings is 1. The second-order valence-corrected chi connectivity index (χ2v) is 6.16. The van der Waals surface area contributed by atoms with E-state index in [0.717, 1.165) is 0 Å². The highest BCUT2D eigenvalue weighted by molar-refractivity contribution is 6.05. The van der Waals surface area contributed by atoms with Crippen molar-refractivity contribution in [2.45, 2.75) is 40.3 Å². The number of aromatic amines is 1. The van der Waals surface area contributed by atoms with E-state index >= 15 is 0 Å². The Morgan fingerprint density at radius 3 is 2.37 bits per heavy atom. The number of anilines is 1.